The highest BCUT2D eigenvalue weighted by molar-refractivity contribution is 5.48. The zero-order chi connectivity index (χ0) is 16.7. The van der Waals surface area contributed by atoms with Crippen LogP contribution in [0.5, 0.6) is 0 Å². The zero-order valence-corrected chi connectivity index (χ0v) is 13.0. The first-order valence-corrected chi connectivity index (χ1v) is 8.43. The summed E-state index contributed by atoms with van der Waals surface area (Å²) >= 11 is 0. The molecule has 1 atom stereocenters. The van der Waals surface area contributed by atoms with E-state index in [0.29, 0.717) is 6.42 Å². The monoisotopic (exact) mass is 271 g/mol. The van der Waals surface area contributed by atoms with Gasteiger partial charge in [-0.1, -0.05) is 96.8 Å². The van der Waals surface area contributed by atoms with Crippen LogP contribution in [0.15, 0.2) is 0 Å². The van der Waals surface area contributed by atoms with Gasteiger partial charge in [0, 0.05) is 10.5 Å². The lowest BCUT2D eigenvalue weighted by molar-refractivity contribution is -0.107. The molecule has 0 aromatic heterocycles. The maximum absolute atomic E-state index is 10.5. The third-order valence-corrected chi connectivity index (χ3v) is 3.64. The van der Waals surface area contributed by atoms with Gasteiger partial charge in [-0.05, 0) is 6.40 Å². The van der Waals surface area contributed by atoms with Crippen LogP contribution in [0.25, 0.3) is 0 Å². The predicted octanol–water partition coefficient (Wildman–Crippen LogP) is 6.45. The Kier molecular flexibility index (Phi) is 12.7. The first-order valence-electron chi connectivity index (χ1n) is 10.0. The van der Waals surface area contributed by atoms with Crippen LogP contribution >= 0.6 is 0 Å². The molecule has 0 spiro atoms. The molecule has 0 aliphatic carbocycles. The smallest absolute Gasteiger partial charge is 0.119 e. The summed E-state index contributed by atoms with van der Waals surface area (Å²) in [6, 6.07) is 0. The Balaban J connectivity index is 3.22. The van der Waals surface area contributed by atoms with E-state index < -0.39 is 12.8 Å². The largest absolute Gasteiger partial charge is 0.303 e. The van der Waals surface area contributed by atoms with Gasteiger partial charge < -0.3 is 4.79 Å². The SMILES string of the molecule is [2H]C(CCCCCCCCCCCCCCC)C([2H])([2H])C=O. The molecule has 0 radical (unpaired) electrons. The summed E-state index contributed by atoms with van der Waals surface area (Å²) < 4.78 is 22.3. The van der Waals surface area contributed by atoms with E-state index in [-0.39, 0.29) is 6.29 Å². The number of hydrogen-bond donors (Lipinski definition) is 0. The average molecular weight is 272 g/mol. The zero-order valence-electron chi connectivity index (χ0n) is 16.0. The molecule has 0 bridgehead atoms. The Hall–Kier alpha value is -0.330. The van der Waals surface area contributed by atoms with Gasteiger partial charge in [0.25, 0.3) is 0 Å². The van der Waals surface area contributed by atoms with Crippen LogP contribution in [-0.4, -0.2) is 6.29 Å². The van der Waals surface area contributed by atoms with Crippen molar-refractivity contribution >= 4 is 6.29 Å². The van der Waals surface area contributed by atoms with Crippen LogP contribution in [0.4, 0.5) is 0 Å². The number of carbonyl (C=O) groups is 1. The molecule has 19 heavy (non-hydrogen) atoms. The molecule has 114 valence electrons. The molecule has 0 N–H and O–H groups in total. The van der Waals surface area contributed by atoms with Crippen molar-refractivity contribution in [3.63, 3.8) is 0 Å². The third kappa shape index (κ3) is 17.7. The summed E-state index contributed by atoms with van der Waals surface area (Å²) in [6.07, 6.45) is 14.5. The Labute approximate surface area is 125 Å². The average Bonchev–Trinajstić information content (AvgIpc) is 2.51. The minimum Gasteiger partial charge on any atom is -0.303 e. The highest BCUT2D eigenvalue weighted by Gasteiger charge is 1.94. The van der Waals surface area contributed by atoms with Gasteiger partial charge in [0.2, 0.25) is 0 Å². The van der Waals surface area contributed by atoms with Crippen molar-refractivity contribution in [2.45, 2.75) is 110 Å². The topological polar surface area (TPSA) is 17.1 Å². The fraction of sp³-hybridized carbons (Fsp3) is 0.944. The fourth-order valence-corrected chi connectivity index (χ4v) is 2.40. The third-order valence-electron chi connectivity index (χ3n) is 3.64. The minimum absolute atomic E-state index is 0.271. The molecular weight excluding hydrogens is 232 g/mol. The molecule has 0 aromatic rings. The van der Waals surface area contributed by atoms with Crippen molar-refractivity contribution in [2.75, 3.05) is 0 Å². The van der Waals surface area contributed by atoms with Crippen LogP contribution in [0.3, 0.4) is 0 Å². The number of carbonyl (C=O) groups excluding carboxylic acids is 1. The second-order valence-corrected chi connectivity index (χ2v) is 5.52. The molecule has 1 nitrogen and oxygen atoms in total. The molecule has 1 heteroatoms. The lowest BCUT2D eigenvalue weighted by Gasteiger charge is -2.02. The van der Waals surface area contributed by atoms with Crippen LogP contribution in [0.1, 0.15) is 114 Å². The second-order valence-electron chi connectivity index (χ2n) is 5.52. The predicted molar refractivity (Wildman–Crippen MR) is 85.6 cm³/mol. The van der Waals surface area contributed by atoms with E-state index in [1.807, 2.05) is 0 Å². The Bertz CT molecular complexity index is 257. The number of unbranched alkanes of at least 4 members (excludes halogenated alkanes) is 12. The van der Waals surface area contributed by atoms with Crippen LogP contribution < -0.4 is 0 Å². The summed E-state index contributed by atoms with van der Waals surface area (Å²) in [6.45, 7) is 2.25. The fourth-order valence-electron chi connectivity index (χ4n) is 2.40. The molecule has 0 heterocycles. The first kappa shape index (κ1) is 13.6. The lowest BCUT2D eigenvalue weighted by atomic mass is 10.0. The molecule has 0 aliphatic rings. The Morgan fingerprint density at radius 3 is 1.42 bits per heavy atom. The standard InChI is InChI=1S/C18H36O/c1-2-3-4-5-6-7-8-9-10-11-12-13-14-15-16-17-18-19/h18H,2-17H2,1H3/i16D,17D2. The van der Waals surface area contributed by atoms with Crippen molar-refractivity contribution in [3.8, 4) is 0 Å². The van der Waals surface area contributed by atoms with Crippen LogP contribution in [0.2, 0.25) is 0 Å². The van der Waals surface area contributed by atoms with Gasteiger partial charge in [0.1, 0.15) is 6.29 Å². The highest BCUT2D eigenvalue weighted by Crippen LogP contribution is 2.13. The normalized spacial score (nSPS) is 15.5. The summed E-state index contributed by atoms with van der Waals surface area (Å²) in [5.74, 6) is 0. The Morgan fingerprint density at radius 1 is 0.684 bits per heavy atom. The van der Waals surface area contributed by atoms with Crippen LogP contribution in [-0.2, 0) is 4.79 Å². The van der Waals surface area contributed by atoms with Gasteiger partial charge >= 0.3 is 0 Å². The van der Waals surface area contributed by atoms with Gasteiger partial charge in [-0.2, -0.15) is 0 Å². The number of aldehydes is 1. The van der Waals surface area contributed by atoms with Crippen molar-refractivity contribution in [2.24, 2.45) is 0 Å². The van der Waals surface area contributed by atoms with E-state index in [2.05, 4.69) is 6.92 Å². The van der Waals surface area contributed by atoms with Crippen molar-refractivity contribution in [1.29, 1.82) is 0 Å². The number of hydrogen-bond acceptors (Lipinski definition) is 1. The molecule has 0 saturated carbocycles. The van der Waals surface area contributed by atoms with E-state index in [4.69, 9.17) is 4.11 Å². The van der Waals surface area contributed by atoms with E-state index in [1.165, 1.54) is 70.6 Å². The maximum Gasteiger partial charge on any atom is 0.119 e. The lowest BCUT2D eigenvalue weighted by Crippen LogP contribution is -1.83. The summed E-state index contributed by atoms with van der Waals surface area (Å²) in [5, 5.41) is 0. The number of rotatable bonds is 16. The molecule has 0 aromatic carbocycles. The van der Waals surface area contributed by atoms with E-state index in [1.54, 1.807) is 0 Å². The van der Waals surface area contributed by atoms with Gasteiger partial charge in [-0.3, -0.25) is 0 Å². The maximum atomic E-state index is 10.5. The van der Waals surface area contributed by atoms with E-state index in [0.717, 1.165) is 12.8 Å². The van der Waals surface area contributed by atoms with Gasteiger partial charge in [0.05, 0.1) is 0 Å². The minimum atomic E-state index is -1.98. The van der Waals surface area contributed by atoms with Crippen molar-refractivity contribution in [1.82, 2.24) is 0 Å². The van der Waals surface area contributed by atoms with Gasteiger partial charge in [0.15, 0.2) is 0 Å². The quantitative estimate of drug-likeness (QED) is 0.233. The van der Waals surface area contributed by atoms with Crippen molar-refractivity contribution in [3.05, 3.63) is 0 Å². The molecule has 0 aliphatic heterocycles. The molecule has 1 unspecified atom stereocenters. The van der Waals surface area contributed by atoms with Crippen molar-refractivity contribution < 1.29 is 8.91 Å². The van der Waals surface area contributed by atoms with Gasteiger partial charge in [-0.15, -0.1) is 0 Å². The summed E-state index contributed by atoms with van der Waals surface area (Å²) in [5.41, 5.74) is 0. The first-order chi connectivity index (χ1) is 10.5. The molecular formula is C18H36O. The van der Waals surface area contributed by atoms with Gasteiger partial charge in [-0.25, -0.2) is 0 Å². The summed E-state index contributed by atoms with van der Waals surface area (Å²) in [4.78, 5) is 10.5. The summed E-state index contributed by atoms with van der Waals surface area (Å²) in [7, 11) is 0. The van der Waals surface area contributed by atoms with Crippen LogP contribution in [0, 0.1) is 0 Å². The highest BCUT2D eigenvalue weighted by atomic mass is 16.1. The molecule has 0 rings (SSSR count). The van der Waals surface area contributed by atoms with E-state index in [9.17, 15) is 4.79 Å². The molecule has 0 amide bonds. The Morgan fingerprint density at radius 2 is 1.05 bits per heavy atom. The van der Waals surface area contributed by atoms with E-state index >= 15 is 0 Å². The molecule has 0 fully saturated rings. The molecule has 0 saturated heterocycles. The second kappa shape index (κ2) is 17.7.